The van der Waals surface area contributed by atoms with Crippen molar-refractivity contribution in [2.45, 2.75) is 57.0 Å². The van der Waals surface area contributed by atoms with Crippen molar-refractivity contribution in [3.05, 3.63) is 36.4 Å². The second kappa shape index (κ2) is 6.73. The third kappa shape index (κ3) is 2.91. The van der Waals surface area contributed by atoms with Crippen LogP contribution in [0.4, 0.5) is 0 Å². The predicted octanol–water partition coefficient (Wildman–Crippen LogP) is 4.19. The highest BCUT2D eigenvalue weighted by atomic mass is 32.2. The maximum Gasteiger partial charge on any atom is 0.244 e. The molecular formula is C19H25NO3S. The van der Waals surface area contributed by atoms with E-state index in [1.165, 1.54) is 0 Å². The summed E-state index contributed by atoms with van der Waals surface area (Å²) in [5.41, 5.74) is 0. The largest absolute Gasteiger partial charge is 0.493 e. The van der Waals surface area contributed by atoms with Crippen LogP contribution in [-0.2, 0) is 10.0 Å². The van der Waals surface area contributed by atoms with Crippen LogP contribution >= 0.6 is 0 Å². The van der Waals surface area contributed by atoms with E-state index in [4.69, 9.17) is 4.74 Å². The average Bonchev–Trinajstić information content (AvgIpc) is 2.55. The van der Waals surface area contributed by atoms with Gasteiger partial charge in [0.25, 0.3) is 0 Å². The van der Waals surface area contributed by atoms with Gasteiger partial charge in [-0.2, -0.15) is 4.31 Å². The van der Waals surface area contributed by atoms with Gasteiger partial charge >= 0.3 is 0 Å². The Labute approximate surface area is 144 Å². The molecule has 130 valence electrons. The highest BCUT2D eigenvalue weighted by Crippen LogP contribution is 2.36. The molecule has 5 heteroatoms. The number of hydrogen-bond acceptors (Lipinski definition) is 3. The molecule has 2 atom stereocenters. The number of fused-ring (bicyclic) bond motifs is 1. The molecule has 0 radical (unpaired) electrons. The molecule has 1 aliphatic rings. The molecule has 0 spiro atoms. The van der Waals surface area contributed by atoms with Crippen molar-refractivity contribution in [3.63, 3.8) is 0 Å². The summed E-state index contributed by atoms with van der Waals surface area (Å²) in [6.07, 6.45) is 2.91. The van der Waals surface area contributed by atoms with Gasteiger partial charge in [0.1, 0.15) is 5.75 Å². The van der Waals surface area contributed by atoms with Crippen LogP contribution in [-0.4, -0.2) is 31.4 Å². The number of hydrogen-bond donors (Lipinski definition) is 0. The quantitative estimate of drug-likeness (QED) is 0.833. The van der Waals surface area contributed by atoms with E-state index in [-0.39, 0.29) is 12.1 Å². The minimum Gasteiger partial charge on any atom is -0.493 e. The van der Waals surface area contributed by atoms with Crippen molar-refractivity contribution in [1.82, 2.24) is 4.31 Å². The Kier molecular flexibility index (Phi) is 4.83. The first kappa shape index (κ1) is 17.2. The van der Waals surface area contributed by atoms with E-state index in [0.717, 1.165) is 35.8 Å². The molecule has 1 heterocycles. The first-order chi connectivity index (χ1) is 11.5. The number of rotatable bonds is 4. The van der Waals surface area contributed by atoms with E-state index in [1.807, 2.05) is 45.0 Å². The van der Waals surface area contributed by atoms with Crippen molar-refractivity contribution in [2.75, 3.05) is 6.61 Å². The maximum absolute atomic E-state index is 13.4. The average molecular weight is 347 g/mol. The zero-order valence-electron chi connectivity index (χ0n) is 14.5. The minimum atomic E-state index is -3.54. The predicted molar refractivity (Wildman–Crippen MR) is 96.9 cm³/mol. The first-order valence-electron chi connectivity index (χ1n) is 8.65. The standard InChI is InChI=1S/C19H25NO3S/c1-4-23-18-12-13-19(17-11-6-5-10-16(17)18)24(21,22)20-14(2)8-7-9-15(20)3/h5-6,10-15H,4,7-9H2,1-3H3/t14-,15+. The van der Waals surface area contributed by atoms with Crippen LogP contribution in [0.1, 0.15) is 40.0 Å². The Morgan fingerprint density at radius 1 is 1.04 bits per heavy atom. The zero-order valence-corrected chi connectivity index (χ0v) is 15.3. The molecule has 4 nitrogen and oxygen atoms in total. The van der Waals surface area contributed by atoms with Crippen LogP contribution in [0, 0.1) is 0 Å². The van der Waals surface area contributed by atoms with Crippen LogP contribution < -0.4 is 4.74 Å². The van der Waals surface area contributed by atoms with Gasteiger partial charge in [-0.3, -0.25) is 0 Å². The molecule has 0 unspecified atom stereocenters. The van der Waals surface area contributed by atoms with E-state index in [0.29, 0.717) is 11.5 Å². The lowest BCUT2D eigenvalue weighted by molar-refractivity contribution is 0.204. The Morgan fingerprint density at radius 2 is 1.67 bits per heavy atom. The fourth-order valence-corrected chi connectivity index (χ4v) is 5.82. The number of nitrogens with zero attached hydrogens (tertiary/aromatic N) is 1. The van der Waals surface area contributed by atoms with E-state index >= 15 is 0 Å². The molecule has 0 saturated carbocycles. The smallest absolute Gasteiger partial charge is 0.244 e. The summed E-state index contributed by atoms with van der Waals surface area (Å²) in [7, 11) is -3.54. The van der Waals surface area contributed by atoms with Crippen molar-refractivity contribution >= 4 is 20.8 Å². The summed E-state index contributed by atoms with van der Waals surface area (Å²) in [5, 5.41) is 1.58. The fourth-order valence-electron chi connectivity index (χ4n) is 3.74. The molecule has 2 aromatic carbocycles. The number of benzene rings is 2. The molecular weight excluding hydrogens is 322 g/mol. The molecule has 0 aliphatic carbocycles. The molecule has 0 aromatic heterocycles. The van der Waals surface area contributed by atoms with Gasteiger partial charge in [0, 0.05) is 22.9 Å². The van der Waals surface area contributed by atoms with Crippen LogP contribution in [0.3, 0.4) is 0 Å². The summed E-state index contributed by atoms with van der Waals surface area (Å²) >= 11 is 0. The monoisotopic (exact) mass is 347 g/mol. The van der Waals surface area contributed by atoms with E-state index < -0.39 is 10.0 Å². The van der Waals surface area contributed by atoms with Gasteiger partial charge in [-0.25, -0.2) is 8.42 Å². The number of ether oxygens (including phenoxy) is 1. The van der Waals surface area contributed by atoms with E-state index in [1.54, 1.807) is 16.4 Å². The van der Waals surface area contributed by atoms with Crippen LogP contribution in [0.25, 0.3) is 10.8 Å². The zero-order chi connectivity index (χ0) is 17.3. The number of sulfonamides is 1. The van der Waals surface area contributed by atoms with Crippen molar-refractivity contribution < 1.29 is 13.2 Å². The highest BCUT2D eigenvalue weighted by Gasteiger charge is 2.36. The van der Waals surface area contributed by atoms with Gasteiger partial charge < -0.3 is 4.74 Å². The summed E-state index contributed by atoms with van der Waals surface area (Å²) in [5.74, 6) is 0.729. The molecule has 1 aliphatic heterocycles. The summed E-state index contributed by atoms with van der Waals surface area (Å²) in [6, 6.07) is 11.1. The lowest BCUT2D eigenvalue weighted by atomic mass is 10.0. The SMILES string of the molecule is CCOc1ccc(S(=O)(=O)N2[C@H](C)CCC[C@@H]2C)c2ccccc12. The van der Waals surface area contributed by atoms with Crippen molar-refractivity contribution in [2.24, 2.45) is 0 Å². The Bertz CT molecular complexity index is 822. The molecule has 24 heavy (non-hydrogen) atoms. The molecule has 0 N–H and O–H groups in total. The van der Waals surface area contributed by atoms with Gasteiger partial charge in [0.05, 0.1) is 11.5 Å². The van der Waals surface area contributed by atoms with Crippen LogP contribution in [0.2, 0.25) is 0 Å². The molecule has 1 saturated heterocycles. The molecule has 0 bridgehead atoms. The molecule has 3 rings (SSSR count). The van der Waals surface area contributed by atoms with Crippen molar-refractivity contribution in [3.8, 4) is 5.75 Å². The number of piperidine rings is 1. The Morgan fingerprint density at radius 3 is 2.29 bits per heavy atom. The van der Waals surface area contributed by atoms with E-state index in [2.05, 4.69) is 0 Å². The normalized spacial score (nSPS) is 22.6. The third-order valence-corrected chi connectivity index (χ3v) is 7.00. The van der Waals surface area contributed by atoms with Gasteiger partial charge in [-0.1, -0.05) is 30.7 Å². The molecule has 0 amide bonds. The second-order valence-electron chi connectivity index (χ2n) is 6.50. The van der Waals surface area contributed by atoms with Gasteiger partial charge in [0.15, 0.2) is 0 Å². The lowest BCUT2D eigenvalue weighted by Crippen LogP contribution is -2.47. The molecule has 2 aromatic rings. The topological polar surface area (TPSA) is 46.6 Å². The Balaban J connectivity index is 2.16. The van der Waals surface area contributed by atoms with E-state index in [9.17, 15) is 8.42 Å². The summed E-state index contributed by atoms with van der Waals surface area (Å²) in [6.45, 7) is 6.49. The second-order valence-corrected chi connectivity index (χ2v) is 8.32. The fraction of sp³-hybridized carbons (Fsp3) is 0.474. The van der Waals surface area contributed by atoms with Crippen molar-refractivity contribution in [1.29, 1.82) is 0 Å². The Hall–Kier alpha value is -1.59. The maximum atomic E-state index is 13.4. The highest BCUT2D eigenvalue weighted by molar-refractivity contribution is 7.89. The first-order valence-corrected chi connectivity index (χ1v) is 10.1. The third-order valence-electron chi connectivity index (χ3n) is 4.81. The minimum absolute atomic E-state index is 0.0316. The van der Waals surface area contributed by atoms with Crippen LogP contribution in [0.15, 0.2) is 41.3 Å². The summed E-state index contributed by atoms with van der Waals surface area (Å²) in [4.78, 5) is 0.377. The molecule has 1 fully saturated rings. The lowest BCUT2D eigenvalue weighted by Gasteiger charge is -2.38. The van der Waals surface area contributed by atoms with Gasteiger partial charge in [-0.05, 0) is 45.7 Å². The van der Waals surface area contributed by atoms with Crippen LogP contribution in [0.5, 0.6) is 5.75 Å². The summed E-state index contributed by atoms with van der Waals surface area (Å²) < 4.78 is 34.1. The van der Waals surface area contributed by atoms with Gasteiger partial charge in [-0.15, -0.1) is 0 Å². The van der Waals surface area contributed by atoms with Gasteiger partial charge in [0.2, 0.25) is 10.0 Å².